The smallest absolute Gasteiger partial charge is 0.325 e. The van der Waals surface area contributed by atoms with Gasteiger partial charge in [-0.15, -0.1) is 0 Å². The molecule has 1 aliphatic heterocycles. The van der Waals surface area contributed by atoms with E-state index in [1.165, 1.54) is 22.3 Å². The van der Waals surface area contributed by atoms with Crippen LogP contribution in [0.2, 0.25) is 0 Å². The number of carbonyl (C=O) groups is 3. The van der Waals surface area contributed by atoms with Gasteiger partial charge in [0.25, 0.3) is 5.91 Å². The minimum atomic E-state index is -1.12. The van der Waals surface area contributed by atoms with Gasteiger partial charge in [-0.25, -0.2) is 4.79 Å². The molecule has 33 heavy (non-hydrogen) atoms. The minimum absolute atomic E-state index is 0.0819. The predicted molar refractivity (Wildman–Crippen MR) is 130 cm³/mol. The zero-order valence-corrected chi connectivity index (χ0v) is 20.5. The number of hydrogen-bond donors (Lipinski definition) is 2. The summed E-state index contributed by atoms with van der Waals surface area (Å²) in [4.78, 5) is 39.3. The van der Waals surface area contributed by atoms with E-state index in [1.807, 2.05) is 37.3 Å². The highest BCUT2D eigenvalue weighted by Gasteiger charge is 2.51. The van der Waals surface area contributed by atoms with E-state index >= 15 is 0 Å². The van der Waals surface area contributed by atoms with E-state index in [-0.39, 0.29) is 23.8 Å². The monoisotopic (exact) mass is 449 g/mol. The van der Waals surface area contributed by atoms with Crippen LogP contribution in [0.15, 0.2) is 42.5 Å². The normalized spacial score (nSPS) is 18.4. The molecule has 1 atom stereocenters. The highest BCUT2D eigenvalue weighted by Crippen LogP contribution is 2.32. The van der Waals surface area contributed by atoms with Gasteiger partial charge < -0.3 is 10.6 Å². The standard InChI is InChI=1S/C27H35N3O3/c1-7-27(20-11-9-8-10-12-20)24(32)30(25(33)29-27)17-23(31)28-14-13-22-18(2)15-21(16-19(22)3)26(4,5)6/h8-12,15-16H,7,13-14,17H2,1-6H3,(H,28,31)(H,29,33). The first kappa shape index (κ1) is 24.5. The number of nitrogens with zero attached hydrogens (tertiary/aromatic N) is 1. The summed E-state index contributed by atoms with van der Waals surface area (Å²) in [6.07, 6.45) is 1.10. The number of rotatable bonds is 7. The van der Waals surface area contributed by atoms with Gasteiger partial charge >= 0.3 is 6.03 Å². The molecular weight excluding hydrogens is 414 g/mol. The molecule has 1 unspecified atom stereocenters. The van der Waals surface area contributed by atoms with E-state index in [0.717, 1.165) is 10.5 Å². The second-order valence-electron chi connectivity index (χ2n) is 9.88. The zero-order chi connectivity index (χ0) is 24.4. The topological polar surface area (TPSA) is 78.5 Å². The Kier molecular flexibility index (Phi) is 6.96. The Bertz CT molecular complexity index is 1030. The fraction of sp³-hybridized carbons (Fsp3) is 0.444. The second-order valence-corrected chi connectivity index (χ2v) is 9.88. The van der Waals surface area contributed by atoms with Crippen molar-refractivity contribution in [2.45, 2.75) is 65.3 Å². The minimum Gasteiger partial charge on any atom is -0.354 e. The van der Waals surface area contributed by atoms with Crippen molar-refractivity contribution in [3.8, 4) is 0 Å². The van der Waals surface area contributed by atoms with Crippen LogP contribution < -0.4 is 10.6 Å². The summed E-state index contributed by atoms with van der Waals surface area (Å²) < 4.78 is 0. The summed E-state index contributed by atoms with van der Waals surface area (Å²) in [5.74, 6) is -0.735. The van der Waals surface area contributed by atoms with E-state index < -0.39 is 11.6 Å². The maximum Gasteiger partial charge on any atom is 0.325 e. The molecule has 1 saturated heterocycles. The summed E-state index contributed by atoms with van der Waals surface area (Å²) in [5, 5.41) is 5.68. The largest absolute Gasteiger partial charge is 0.354 e. The van der Waals surface area contributed by atoms with Crippen LogP contribution in [0.4, 0.5) is 4.79 Å². The average Bonchev–Trinajstić information content (AvgIpc) is 3.00. The average molecular weight is 450 g/mol. The summed E-state index contributed by atoms with van der Waals surface area (Å²) in [6, 6.07) is 13.1. The van der Waals surface area contributed by atoms with E-state index in [2.05, 4.69) is 57.4 Å². The Labute approximate surface area is 196 Å². The molecule has 0 radical (unpaired) electrons. The van der Waals surface area contributed by atoms with Gasteiger partial charge in [-0.1, -0.05) is 70.2 Å². The summed E-state index contributed by atoms with van der Waals surface area (Å²) in [6.45, 7) is 12.8. The van der Waals surface area contributed by atoms with Crippen LogP contribution in [0, 0.1) is 13.8 Å². The molecule has 1 aliphatic rings. The molecule has 2 aromatic rings. The van der Waals surface area contributed by atoms with Gasteiger partial charge in [0.2, 0.25) is 5.91 Å². The highest BCUT2D eigenvalue weighted by molar-refractivity contribution is 6.09. The lowest BCUT2D eigenvalue weighted by Crippen LogP contribution is -2.45. The van der Waals surface area contributed by atoms with Crippen molar-refractivity contribution in [3.05, 3.63) is 70.3 Å². The molecule has 0 bridgehead atoms. The van der Waals surface area contributed by atoms with E-state index in [1.54, 1.807) is 0 Å². The third-order valence-electron chi connectivity index (χ3n) is 6.53. The Morgan fingerprint density at radius 2 is 1.67 bits per heavy atom. The van der Waals surface area contributed by atoms with Gasteiger partial charge in [0.15, 0.2) is 0 Å². The molecule has 2 aromatic carbocycles. The van der Waals surface area contributed by atoms with E-state index in [0.29, 0.717) is 19.4 Å². The fourth-order valence-corrected chi connectivity index (χ4v) is 4.48. The SMILES string of the molecule is CCC1(c2ccccc2)NC(=O)N(CC(=O)NCCc2c(C)cc(C(C)(C)C)cc2C)C1=O. The van der Waals surface area contributed by atoms with Gasteiger partial charge in [-0.2, -0.15) is 0 Å². The van der Waals surface area contributed by atoms with Crippen LogP contribution in [0.5, 0.6) is 0 Å². The van der Waals surface area contributed by atoms with E-state index in [9.17, 15) is 14.4 Å². The first-order valence-corrected chi connectivity index (χ1v) is 11.6. The van der Waals surface area contributed by atoms with Crippen LogP contribution in [-0.2, 0) is 27.0 Å². The molecule has 3 rings (SSSR count). The first-order chi connectivity index (χ1) is 15.5. The van der Waals surface area contributed by atoms with Gasteiger partial charge in [-0.3, -0.25) is 14.5 Å². The predicted octanol–water partition coefficient (Wildman–Crippen LogP) is 4.12. The quantitative estimate of drug-likeness (QED) is 0.624. The molecule has 2 N–H and O–H groups in total. The Hall–Kier alpha value is -3.15. The van der Waals surface area contributed by atoms with Crippen molar-refractivity contribution >= 4 is 17.8 Å². The highest BCUT2D eigenvalue weighted by atomic mass is 16.2. The summed E-state index contributed by atoms with van der Waals surface area (Å²) >= 11 is 0. The number of carbonyl (C=O) groups excluding carboxylic acids is 3. The number of aryl methyl sites for hydroxylation is 2. The van der Waals surface area contributed by atoms with Crippen molar-refractivity contribution in [3.63, 3.8) is 0 Å². The van der Waals surface area contributed by atoms with Crippen molar-refractivity contribution in [2.75, 3.05) is 13.1 Å². The molecule has 6 nitrogen and oxygen atoms in total. The molecule has 0 aliphatic carbocycles. The fourth-order valence-electron chi connectivity index (χ4n) is 4.48. The molecule has 0 spiro atoms. The molecule has 4 amide bonds. The second kappa shape index (κ2) is 9.38. The molecule has 6 heteroatoms. The van der Waals surface area contributed by atoms with Crippen molar-refractivity contribution in [1.29, 1.82) is 0 Å². The van der Waals surface area contributed by atoms with Gasteiger partial charge in [0, 0.05) is 6.54 Å². The van der Waals surface area contributed by atoms with Crippen LogP contribution in [0.25, 0.3) is 0 Å². The number of hydrogen-bond acceptors (Lipinski definition) is 3. The number of amides is 4. The number of urea groups is 1. The Morgan fingerprint density at radius 1 is 1.06 bits per heavy atom. The number of nitrogens with one attached hydrogen (secondary N) is 2. The molecule has 1 heterocycles. The molecule has 1 fully saturated rings. The van der Waals surface area contributed by atoms with Crippen LogP contribution in [-0.4, -0.2) is 35.8 Å². The van der Waals surface area contributed by atoms with Gasteiger partial charge in [0.1, 0.15) is 12.1 Å². The number of benzene rings is 2. The zero-order valence-electron chi connectivity index (χ0n) is 20.5. The van der Waals surface area contributed by atoms with Crippen LogP contribution in [0.1, 0.15) is 61.9 Å². The lowest BCUT2D eigenvalue weighted by atomic mass is 9.83. The molecule has 176 valence electrons. The third-order valence-corrected chi connectivity index (χ3v) is 6.53. The maximum absolute atomic E-state index is 13.2. The van der Waals surface area contributed by atoms with Gasteiger partial charge in [-0.05, 0) is 59.9 Å². The van der Waals surface area contributed by atoms with E-state index in [4.69, 9.17) is 0 Å². The molecule has 0 aromatic heterocycles. The first-order valence-electron chi connectivity index (χ1n) is 11.6. The van der Waals surface area contributed by atoms with Crippen molar-refractivity contribution in [2.24, 2.45) is 0 Å². The van der Waals surface area contributed by atoms with Crippen LogP contribution in [0.3, 0.4) is 0 Å². The Balaban J connectivity index is 1.63. The third kappa shape index (κ3) is 4.95. The number of imide groups is 1. The van der Waals surface area contributed by atoms with Crippen LogP contribution >= 0.6 is 0 Å². The van der Waals surface area contributed by atoms with Gasteiger partial charge in [0.05, 0.1) is 0 Å². The summed E-state index contributed by atoms with van der Waals surface area (Å²) in [5.41, 5.74) is 4.60. The maximum atomic E-state index is 13.2. The lowest BCUT2D eigenvalue weighted by molar-refractivity contribution is -0.135. The lowest BCUT2D eigenvalue weighted by Gasteiger charge is -2.25. The summed E-state index contributed by atoms with van der Waals surface area (Å²) in [7, 11) is 0. The Morgan fingerprint density at radius 3 is 2.21 bits per heavy atom. The van der Waals surface area contributed by atoms with Crippen molar-refractivity contribution in [1.82, 2.24) is 15.5 Å². The van der Waals surface area contributed by atoms with Crippen molar-refractivity contribution < 1.29 is 14.4 Å². The molecule has 0 saturated carbocycles. The molecular formula is C27H35N3O3.